The Morgan fingerprint density at radius 1 is 1.09 bits per heavy atom. The van der Waals surface area contributed by atoms with Crippen LogP contribution in [0.3, 0.4) is 0 Å². The van der Waals surface area contributed by atoms with Crippen LogP contribution in [0.5, 0.6) is 5.75 Å². The highest BCUT2D eigenvalue weighted by atomic mass is 16.5. The topological polar surface area (TPSA) is 51.2 Å². The van der Waals surface area contributed by atoms with Gasteiger partial charge in [-0.3, -0.25) is 4.40 Å². The van der Waals surface area contributed by atoms with Gasteiger partial charge >= 0.3 is 0 Å². The number of pyridine rings is 1. The van der Waals surface area contributed by atoms with E-state index in [-0.39, 0.29) is 5.92 Å². The molecule has 0 spiro atoms. The van der Waals surface area contributed by atoms with E-state index in [9.17, 15) is 0 Å². The molecule has 0 atom stereocenters. The van der Waals surface area contributed by atoms with Crippen LogP contribution in [0.1, 0.15) is 25.5 Å². The summed E-state index contributed by atoms with van der Waals surface area (Å²) < 4.78 is 7.16. The van der Waals surface area contributed by atoms with Crippen molar-refractivity contribution in [1.29, 1.82) is 0 Å². The molecule has 3 rings (SSSR count). The second-order valence-corrected chi connectivity index (χ2v) is 5.31. The van der Waals surface area contributed by atoms with Gasteiger partial charge in [-0.05, 0) is 30.2 Å². The summed E-state index contributed by atoms with van der Waals surface area (Å²) in [5.41, 5.74) is 2.57. The first-order valence-electron chi connectivity index (χ1n) is 7.22. The number of benzene rings is 1. The number of azo groups is 1. The van der Waals surface area contributed by atoms with E-state index in [1.807, 2.05) is 53.1 Å². The van der Waals surface area contributed by atoms with E-state index in [0.717, 1.165) is 28.6 Å². The van der Waals surface area contributed by atoms with Gasteiger partial charge in [-0.2, -0.15) is 0 Å². The van der Waals surface area contributed by atoms with Gasteiger partial charge in [-0.25, -0.2) is 4.98 Å². The molecular weight excluding hydrogens is 276 g/mol. The van der Waals surface area contributed by atoms with Crippen molar-refractivity contribution in [3.05, 3.63) is 54.4 Å². The summed E-state index contributed by atoms with van der Waals surface area (Å²) in [6, 6.07) is 13.4. The minimum atomic E-state index is 0.277. The highest BCUT2D eigenvalue weighted by Gasteiger charge is 2.14. The van der Waals surface area contributed by atoms with Gasteiger partial charge in [0, 0.05) is 12.3 Å². The fourth-order valence-electron chi connectivity index (χ4n) is 2.27. The number of hydrogen-bond acceptors (Lipinski definition) is 4. The second kappa shape index (κ2) is 5.97. The maximum Gasteiger partial charge on any atom is 0.183 e. The number of imidazole rings is 1. The first kappa shape index (κ1) is 14.3. The Bertz CT molecular complexity index is 820. The molecule has 5 nitrogen and oxygen atoms in total. The standard InChI is InChI=1S/C17H18N4O/c1-12(2)16-17(21-10-5-4-9-15(21)18-16)20-19-13-7-6-8-14(11-13)22-3/h4-12H,1-3H3. The van der Waals surface area contributed by atoms with Crippen molar-refractivity contribution in [2.45, 2.75) is 19.8 Å². The van der Waals surface area contributed by atoms with Crippen LogP contribution in [-0.4, -0.2) is 16.5 Å². The second-order valence-electron chi connectivity index (χ2n) is 5.31. The Kier molecular flexibility index (Phi) is 3.87. The van der Waals surface area contributed by atoms with Crippen LogP contribution in [0.4, 0.5) is 11.5 Å². The zero-order valence-corrected chi connectivity index (χ0v) is 12.9. The summed E-state index contributed by atoms with van der Waals surface area (Å²) in [6.45, 7) is 4.21. The monoisotopic (exact) mass is 294 g/mol. The van der Waals surface area contributed by atoms with Crippen molar-refractivity contribution >= 4 is 17.2 Å². The van der Waals surface area contributed by atoms with Crippen molar-refractivity contribution in [2.24, 2.45) is 10.2 Å². The van der Waals surface area contributed by atoms with Crippen LogP contribution in [0.2, 0.25) is 0 Å². The Morgan fingerprint density at radius 3 is 2.73 bits per heavy atom. The molecule has 0 saturated carbocycles. The molecule has 0 aliphatic rings. The van der Waals surface area contributed by atoms with Gasteiger partial charge in [-0.15, -0.1) is 10.2 Å². The maximum absolute atomic E-state index is 5.20. The zero-order valence-electron chi connectivity index (χ0n) is 12.9. The number of aromatic nitrogens is 2. The van der Waals surface area contributed by atoms with E-state index in [0.29, 0.717) is 0 Å². The Balaban J connectivity index is 2.05. The van der Waals surface area contributed by atoms with Crippen LogP contribution < -0.4 is 4.74 Å². The van der Waals surface area contributed by atoms with Gasteiger partial charge in [-0.1, -0.05) is 26.0 Å². The number of hydrogen-bond donors (Lipinski definition) is 0. The fraction of sp³-hybridized carbons (Fsp3) is 0.235. The molecular formula is C17H18N4O. The molecule has 112 valence electrons. The van der Waals surface area contributed by atoms with Crippen LogP contribution >= 0.6 is 0 Å². The van der Waals surface area contributed by atoms with Crippen LogP contribution in [0, 0.1) is 0 Å². The van der Waals surface area contributed by atoms with E-state index in [1.165, 1.54) is 0 Å². The third-order valence-corrected chi connectivity index (χ3v) is 3.39. The van der Waals surface area contributed by atoms with E-state index >= 15 is 0 Å². The van der Waals surface area contributed by atoms with Gasteiger partial charge in [0.2, 0.25) is 0 Å². The first-order chi connectivity index (χ1) is 10.7. The predicted octanol–water partition coefficient (Wildman–Crippen LogP) is 4.88. The Hall–Kier alpha value is -2.69. The lowest BCUT2D eigenvalue weighted by Gasteiger charge is -2.02. The summed E-state index contributed by atoms with van der Waals surface area (Å²) in [7, 11) is 1.64. The molecule has 0 aliphatic heterocycles. The van der Waals surface area contributed by atoms with E-state index in [2.05, 4.69) is 29.1 Å². The summed E-state index contributed by atoms with van der Waals surface area (Å²) in [5, 5.41) is 8.77. The molecule has 0 aliphatic carbocycles. The minimum absolute atomic E-state index is 0.277. The average molecular weight is 294 g/mol. The first-order valence-corrected chi connectivity index (χ1v) is 7.22. The van der Waals surface area contributed by atoms with Crippen molar-refractivity contribution < 1.29 is 4.74 Å². The fourth-order valence-corrected chi connectivity index (χ4v) is 2.27. The molecule has 0 fully saturated rings. The third kappa shape index (κ3) is 2.70. The maximum atomic E-state index is 5.20. The summed E-state index contributed by atoms with van der Waals surface area (Å²) >= 11 is 0. The summed E-state index contributed by atoms with van der Waals surface area (Å²) in [4.78, 5) is 4.64. The molecule has 0 saturated heterocycles. The molecule has 1 aromatic carbocycles. The van der Waals surface area contributed by atoms with Crippen molar-refractivity contribution in [3.8, 4) is 5.75 Å². The molecule has 2 heterocycles. The molecule has 0 amide bonds. The van der Waals surface area contributed by atoms with Gasteiger partial charge < -0.3 is 4.74 Å². The van der Waals surface area contributed by atoms with Gasteiger partial charge in [0.1, 0.15) is 11.4 Å². The molecule has 5 heteroatoms. The van der Waals surface area contributed by atoms with Crippen LogP contribution in [0.25, 0.3) is 5.65 Å². The van der Waals surface area contributed by atoms with E-state index in [1.54, 1.807) is 7.11 Å². The molecule has 22 heavy (non-hydrogen) atoms. The van der Waals surface area contributed by atoms with Gasteiger partial charge in [0.25, 0.3) is 0 Å². The number of methoxy groups -OCH3 is 1. The third-order valence-electron chi connectivity index (χ3n) is 3.39. The highest BCUT2D eigenvalue weighted by molar-refractivity contribution is 5.53. The molecule has 2 aromatic heterocycles. The van der Waals surface area contributed by atoms with Crippen molar-refractivity contribution in [2.75, 3.05) is 7.11 Å². The van der Waals surface area contributed by atoms with Crippen molar-refractivity contribution in [3.63, 3.8) is 0 Å². The smallest absolute Gasteiger partial charge is 0.183 e. The lowest BCUT2D eigenvalue weighted by Crippen LogP contribution is -1.87. The number of ether oxygens (including phenoxy) is 1. The average Bonchev–Trinajstić information content (AvgIpc) is 2.92. The lowest BCUT2D eigenvalue weighted by atomic mass is 10.1. The zero-order chi connectivity index (χ0) is 15.5. The van der Waals surface area contributed by atoms with Crippen molar-refractivity contribution in [1.82, 2.24) is 9.38 Å². The lowest BCUT2D eigenvalue weighted by molar-refractivity contribution is 0.415. The van der Waals surface area contributed by atoms with E-state index < -0.39 is 0 Å². The molecule has 0 bridgehead atoms. The van der Waals surface area contributed by atoms with Crippen LogP contribution in [-0.2, 0) is 0 Å². The van der Waals surface area contributed by atoms with Gasteiger partial charge in [0.05, 0.1) is 18.5 Å². The number of fused-ring (bicyclic) bond motifs is 1. The number of rotatable bonds is 4. The molecule has 0 radical (unpaired) electrons. The Morgan fingerprint density at radius 2 is 1.95 bits per heavy atom. The van der Waals surface area contributed by atoms with Crippen LogP contribution in [0.15, 0.2) is 58.9 Å². The van der Waals surface area contributed by atoms with E-state index in [4.69, 9.17) is 4.74 Å². The highest BCUT2D eigenvalue weighted by Crippen LogP contribution is 2.29. The quantitative estimate of drug-likeness (QED) is 0.644. The summed E-state index contributed by atoms with van der Waals surface area (Å²) in [6.07, 6.45) is 1.95. The normalized spacial score (nSPS) is 11.6. The minimum Gasteiger partial charge on any atom is -0.497 e. The SMILES string of the molecule is COc1cccc(N=Nc2c(C(C)C)nc3ccccn23)c1. The largest absolute Gasteiger partial charge is 0.497 e. The molecule has 0 unspecified atom stereocenters. The Labute approximate surface area is 129 Å². The molecule has 0 N–H and O–H groups in total. The predicted molar refractivity (Wildman–Crippen MR) is 86.5 cm³/mol. The molecule has 3 aromatic rings. The summed E-state index contributed by atoms with van der Waals surface area (Å²) in [5.74, 6) is 1.81. The van der Waals surface area contributed by atoms with Gasteiger partial charge in [0.15, 0.2) is 5.82 Å². The number of nitrogens with zero attached hydrogens (tertiary/aromatic N) is 4.